The van der Waals surface area contributed by atoms with Crippen LogP contribution in [0.15, 0.2) is 48.5 Å². The lowest BCUT2D eigenvalue weighted by Crippen LogP contribution is -2.24. The average Bonchev–Trinajstić information content (AvgIpc) is 2.28. The molecule has 1 aromatic heterocycles. The molecular formula is C15H19NSi. The molecule has 2 rings (SSSR count). The van der Waals surface area contributed by atoms with E-state index in [4.69, 9.17) is 4.98 Å². The number of pyridine rings is 1. The number of aromatic nitrogens is 1. The molecule has 0 unspecified atom stereocenters. The highest BCUT2D eigenvalue weighted by atomic mass is 28.3. The van der Waals surface area contributed by atoms with Crippen molar-refractivity contribution in [3.05, 3.63) is 54.2 Å². The Hall–Kier alpha value is -1.41. The highest BCUT2D eigenvalue weighted by Crippen LogP contribution is 2.18. The van der Waals surface area contributed by atoms with Gasteiger partial charge in [-0.25, -0.2) is 0 Å². The number of benzene rings is 1. The molecule has 0 saturated heterocycles. The van der Waals surface area contributed by atoms with Gasteiger partial charge in [0.25, 0.3) is 0 Å². The van der Waals surface area contributed by atoms with Crippen LogP contribution in [0.25, 0.3) is 11.3 Å². The van der Waals surface area contributed by atoms with Gasteiger partial charge in [-0.3, -0.25) is 4.98 Å². The van der Waals surface area contributed by atoms with Crippen molar-refractivity contribution in [3.8, 4) is 11.3 Å². The Morgan fingerprint density at radius 3 is 2.24 bits per heavy atom. The lowest BCUT2D eigenvalue weighted by Gasteiger charge is -2.15. The van der Waals surface area contributed by atoms with E-state index in [9.17, 15) is 0 Å². The van der Waals surface area contributed by atoms with Gasteiger partial charge in [-0.05, 0) is 18.2 Å². The molecule has 0 saturated carbocycles. The van der Waals surface area contributed by atoms with E-state index < -0.39 is 8.07 Å². The zero-order valence-electron chi connectivity index (χ0n) is 10.8. The number of hydrogen-bond acceptors (Lipinski definition) is 1. The third-order valence-corrected chi connectivity index (χ3v) is 4.01. The number of hydrogen-bond donors (Lipinski definition) is 0. The van der Waals surface area contributed by atoms with E-state index in [1.54, 1.807) is 0 Å². The molecule has 0 N–H and O–H groups in total. The Bertz CT molecular complexity index is 486. The number of nitrogens with zero attached hydrogens (tertiary/aromatic N) is 1. The van der Waals surface area contributed by atoms with E-state index >= 15 is 0 Å². The fourth-order valence-corrected chi connectivity index (χ4v) is 3.17. The van der Waals surface area contributed by atoms with Gasteiger partial charge in [0.1, 0.15) is 0 Å². The predicted molar refractivity (Wildman–Crippen MR) is 76.7 cm³/mol. The summed E-state index contributed by atoms with van der Waals surface area (Å²) in [5.74, 6) is 0. The molecule has 0 radical (unpaired) electrons. The van der Waals surface area contributed by atoms with Crippen LogP contribution in [0, 0.1) is 0 Å². The summed E-state index contributed by atoms with van der Waals surface area (Å²) in [6.45, 7) is 7.14. The largest absolute Gasteiger partial charge is 0.253 e. The summed E-state index contributed by atoms with van der Waals surface area (Å²) in [7, 11) is -1.08. The van der Waals surface area contributed by atoms with Gasteiger partial charge in [0.05, 0.1) is 13.8 Å². The zero-order chi connectivity index (χ0) is 12.3. The molecule has 1 aromatic carbocycles. The van der Waals surface area contributed by atoms with Crippen molar-refractivity contribution in [1.82, 2.24) is 4.98 Å². The van der Waals surface area contributed by atoms with Gasteiger partial charge >= 0.3 is 0 Å². The Morgan fingerprint density at radius 1 is 0.882 bits per heavy atom. The molecule has 1 heterocycles. The summed E-state index contributed by atoms with van der Waals surface area (Å²) >= 11 is 0. The van der Waals surface area contributed by atoms with E-state index in [2.05, 4.69) is 62.1 Å². The lowest BCUT2D eigenvalue weighted by atomic mass is 10.1. The van der Waals surface area contributed by atoms with Crippen LogP contribution in [-0.2, 0) is 6.04 Å². The Kier molecular flexibility index (Phi) is 3.43. The minimum atomic E-state index is -1.08. The maximum absolute atomic E-state index is 4.76. The van der Waals surface area contributed by atoms with Crippen molar-refractivity contribution >= 4 is 8.07 Å². The van der Waals surface area contributed by atoms with Gasteiger partial charge in [-0.15, -0.1) is 0 Å². The van der Waals surface area contributed by atoms with E-state index in [-0.39, 0.29) is 0 Å². The molecule has 2 aromatic rings. The first kappa shape index (κ1) is 12.1. The van der Waals surface area contributed by atoms with Crippen molar-refractivity contribution < 1.29 is 0 Å². The van der Waals surface area contributed by atoms with Crippen LogP contribution in [0.5, 0.6) is 0 Å². The molecule has 0 fully saturated rings. The van der Waals surface area contributed by atoms with Crippen LogP contribution >= 0.6 is 0 Å². The summed E-state index contributed by atoms with van der Waals surface area (Å²) in [5.41, 5.74) is 3.51. The number of rotatable bonds is 3. The monoisotopic (exact) mass is 241 g/mol. The fourth-order valence-electron chi connectivity index (χ4n) is 1.89. The van der Waals surface area contributed by atoms with Gasteiger partial charge in [0.2, 0.25) is 0 Å². The molecule has 2 heteroatoms. The van der Waals surface area contributed by atoms with E-state index in [0.717, 1.165) is 11.7 Å². The van der Waals surface area contributed by atoms with E-state index in [1.807, 2.05) is 6.07 Å². The average molecular weight is 241 g/mol. The first-order valence-corrected chi connectivity index (χ1v) is 9.77. The van der Waals surface area contributed by atoms with Crippen LogP contribution in [0.2, 0.25) is 19.6 Å². The molecule has 17 heavy (non-hydrogen) atoms. The summed E-state index contributed by atoms with van der Waals surface area (Å²) < 4.78 is 0. The molecule has 0 amide bonds. The van der Waals surface area contributed by atoms with Crippen LogP contribution in [0.1, 0.15) is 5.69 Å². The van der Waals surface area contributed by atoms with Crippen molar-refractivity contribution in [2.45, 2.75) is 25.7 Å². The van der Waals surface area contributed by atoms with Gasteiger partial charge in [0, 0.05) is 11.3 Å². The van der Waals surface area contributed by atoms with Gasteiger partial charge < -0.3 is 0 Å². The van der Waals surface area contributed by atoms with Crippen molar-refractivity contribution in [2.75, 3.05) is 0 Å². The van der Waals surface area contributed by atoms with E-state index in [0.29, 0.717) is 0 Å². The van der Waals surface area contributed by atoms with Crippen LogP contribution in [-0.4, -0.2) is 13.1 Å². The van der Waals surface area contributed by atoms with Crippen LogP contribution < -0.4 is 0 Å². The normalized spacial score (nSPS) is 11.5. The second-order valence-electron chi connectivity index (χ2n) is 5.62. The molecule has 1 nitrogen and oxygen atoms in total. The second-order valence-corrected chi connectivity index (χ2v) is 11.1. The Labute approximate surface area is 105 Å². The first-order chi connectivity index (χ1) is 8.04. The van der Waals surface area contributed by atoms with Crippen molar-refractivity contribution in [1.29, 1.82) is 0 Å². The van der Waals surface area contributed by atoms with Crippen LogP contribution in [0.3, 0.4) is 0 Å². The SMILES string of the molecule is C[Si](C)(C)Cc1cccc(-c2ccccc2)n1. The maximum Gasteiger partial charge on any atom is 0.0705 e. The molecule has 0 bridgehead atoms. The summed E-state index contributed by atoms with van der Waals surface area (Å²) in [4.78, 5) is 4.76. The standard InChI is InChI=1S/C15H19NSi/c1-17(2,3)12-14-10-7-11-15(16-14)13-8-5-4-6-9-13/h4-11H,12H2,1-3H3. The highest BCUT2D eigenvalue weighted by Gasteiger charge is 2.14. The quantitative estimate of drug-likeness (QED) is 0.735. The molecule has 0 aliphatic carbocycles. The fraction of sp³-hybridized carbons (Fsp3) is 0.267. The van der Waals surface area contributed by atoms with Crippen molar-refractivity contribution in [3.63, 3.8) is 0 Å². The van der Waals surface area contributed by atoms with Crippen LogP contribution in [0.4, 0.5) is 0 Å². The Morgan fingerprint density at radius 2 is 1.59 bits per heavy atom. The maximum atomic E-state index is 4.76. The van der Waals surface area contributed by atoms with Gasteiger partial charge in [-0.1, -0.05) is 56.0 Å². The first-order valence-electron chi connectivity index (χ1n) is 6.06. The molecule has 0 atom stereocenters. The van der Waals surface area contributed by atoms with Crippen molar-refractivity contribution in [2.24, 2.45) is 0 Å². The minimum Gasteiger partial charge on any atom is -0.253 e. The van der Waals surface area contributed by atoms with E-state index in [1.165, 1.54) is 11.3 Å². The minimum absolute atomic E-state index is 1.08. The smallest absolute Gasteiger partial charge is 0.0705 e. The topological polar surface area (TPSA) is 12.9 Å². The molecule has 88 valence electrons. The zero-order valence-corrected chi connectivity index (χ0v) is 11.8. The predicted octanol–water partition coefficient (Wildman–Crippen LogP) is 4.17. The Balaban J connectivity index is 2.29. The summed E-state index contributed by atoms with van der Waals surface area (Å²) in [5, 5.41) is 0. The second kappa shape index (κ2) is 4.84. The summed E-state index contributed by atoms with van der Waals surface area (Å²) in [6.07, 6.45) is 0. The van der Waals surface area contributed by atoms with Gasteiger partial charge in [-0.2, -0.15) is 0 Å². The van der Waals surface area contributed by atoms with Gasteiger partial charge in [0.15, 0.2) is 0 Å². The molecular weight excluding hydrogens is 222 g/mol. The molecule has 0 spiro atoms. The lowest BCUT2D eigenvalue weighted by molar-refractivity contribution is 1.14. The third-order valence-electron chi connectivity index (χ3n) is 2.59. The summed E-state index contributed by atoms with van der Waals surface area (Å²) in [6, 6.07) is 17.9. The molecule has 0 aliphatic heterocycles. The molecule has 0 aliphatic rings. The third kappa shape index (κ3) is 3.53. The highest BCUT2D eigenvalue weighted by molar-refractivity contribution is 6.75.